The summed E-state index contributed by atoms with van der Waals surface area (Å²) in [5.74, 6) is 0.969. The summed E-state index contributed by atoms with van der Waals surface area (Å²) >= 11 is 0. The molecule has 2 heterocycles. The lowest BCUT2D eigenvalue weighted by atomic mass is 10.2. The first-order chi connectivity index (χ1) is 10.3. The molecule has 120 valence electrons. The van der Waals surface area contributed by atoms with Crippen LogP contribution in [0.25, 0.3) is 0 Å². The molecule has 3 rings (SSSR count). The molecule has 0 bridgehead atoms. The summed E-state index contributed by atoms with van der Waals surface area (Å²) in [6, 6.07) is 1.29. The second kappa shape index (κ2) is 7.45. The topological polar surface area (TPSA) is 48.9 Å². The molecular weight excluding hydrogens is 264 g/mol. The van der Waals surface area contributed by atoms with Gasteiger partial charge in [-0.1, -0.05) is 12.8 Å². The Balaban J connectivity index is 1.49. The maximum absolute atomic E-state index is 5.99. The Bertz CT molecular complexity index is 354. The van der Waals surface area contributed by atoms with Crippen molar-refractivity contribution < 1.29 is 4.74 Å². The van der Waals surface area contributed by atoms with Gasteiger partial charge in [0.1, 0.15) is 0 Å². The summed E-state index contributed by atoms with van der Waals surface area (Å²) in [5, 5.41) is 6.94. The van der Waals surface area contributed by atoms with Crippen LogP contribution < -0.4 is 10.6 Å². The number of fused-ring (bicyclic) bond motifs is 1. The Morgan fingerprint density at radius 3 is 2.90 bits per heavy atom. The molecule has 3 aliphatic rings. The van der Waals surface area contributed by atoms with Gasteiger partial charge in [-0.2, -0.15) is 0 Å². The minimum absolute atomic E-state index is 0.262. The Hall–Kier alpha value is -0.810. The summed E-state index contributed by atoms with van der Waals surface area (Å²) in [6.07, 6.45) is 8.15. The second-order valence-corrected chi connectivity index (χ2v) is 6.59. The largest absolute Gasteiger partial charge is 0.373 e. The molecule has 5 heteroatoms. The first kappa shape index (κ1) is 15.1. The van der Waals surface area contributed by atoms with Gasteiger partial charge in [0.2, 0.25) is 0 Å². The molecule has 3 fully saturated rings. The fourth-order valence-electron chi connectivity index (χ4n) is 3.77. The van der Waals surface area contributed by atoms with Gasteiger partial charge < -0.3 is 15.4 Å². The lowest BCUT2D eigenvalue weighted by molar-refractivity contribution is -0.0432. The summed E-state index contributed by atoms with van der Waals surface area (Å²) < 4.78 is 5.99. The highest BCUT2D eigenvalue weighted by Crippen LogP contribution is 2.22. The third-order valence-corrected chi connectivity index (χ3v) is 4.95. The Morgan fingerprint density at radius 1 is 1.24 bits per heavy atom. The lowest BCUT2D eigenvalue weighted by Gasteiger charge is -2.34. The smallest absolute Gasteiger partial charge is 0.191 e. The molecule has 2 aliphatic heterocycles. The van der Waals surface area contributed by atoms with Crippen LogP contribution in [0.1, 0.15) is 45.4 Å². The summed E-state index contributed by atoms with van der Waals surface area (Å²) in [5.41, 5.74) is 0. The number of morpholine rings is 1. The van der Waals surface area contributed by atoms with Crippen molar-refractivity contribution in [1.29, 1.82) is 0 Å². The van der Waals surface area contributed by atoms with E-state index >= 15 is 0 Å². The maximum atomic E-state index is 5.99. The molecule has 1 saturated carbocycles. The maximum Gasteiger partial charge on any atom is 0.191 e. The molecule has 0 amide bonds. The Kier molecular flexibility index (Phi) is 5.36. The van der Waals surface area contributed by atoms with Crippen molar-refractivity contribution in [3.05, 3.63) is 0 Å². The Labute approximate surface area is 128 Å². The summed E-state index contributed by atoms with van der Waals surface area (Å²) in [4.78, 5) is 7.34. The highest BCUT2D eigenvalue weighted by Gasteiger charge is 2.32. The molecule has 0 aromatic rings. The number of hydrogen-bond donors (Lipinski definition) is 2. The van der Waals surface area contributed by atoms with E-state index in [9.17, 15) is 0 Å². The van der Waals surface area contributed by atoms with Gasteiger partial charge in [0, 0.05) is 25.2 Å². The third-order valence-electron chi connectivity index (χ3n) is 4.95. The van der Waals surface area contributed by atoms with Crippen LogP contribution in [-0.4, -0.2) is 61.8 Å². The van der Waals surface area contributed by atoms with Gasteiger partial charge in [0.25, 0.3) is 0 Å². The van der Waals surface area contributed by atoms with E-state index in [0.29, 0.717) is 12.1 Å². The lowest BCUT2D eigenvalue weighted by Crippen LogP contribution is -2.48. The molecule has 0 aromatic carbocycles. The summed E-state index contributed by atoms with van der Waals surface area (Å²) in [7, 11) is 0. The molecule has 1 aliphatic carbocycles. The molecular formula is C16H30N4O. The van der Waals surface area contributed by atoms with E-state index in [4.69, 9.17) is 9.73 Å². The predicted molar refractivity (Wildman–Crippen MR) is 85.7 cm³/mol. The van der Waals surface area contributed by atoms with E-state index in [2.05, 4.69) is 22.5 Å². The van der Waals surface area contributed by atoms with Crippen molar-refractivity contribution in [1.82, 2.24) is 15.5 Å². The highest BCUT2D eigenvalue weighted by atomic mass is 16.5. The van der Waals surface area contributed by atoms with E-state index in [1.54, 1.807) is 0 Å². The van der Waals surface area contributed by atoms with Gasteiger partial charge >= 0.3 is 0 Å². The number of nitrogens with zero attached hydrogens (tertiary/aromatic N) is 2. The number of nitrogens with one attached hydrogen (secondary N) is 2. The zero-order chi connectivity index (χ0) is 14.5. The molecule has 2 unspecified atom stereocenters. The van der Waals surface area contributed by atoms with E-state index < -0.39 is 0 Å². The minimum atomic E-state index is 0.262. The molecule has 0 radical (unpaired) electrons. The molecule has 0 spiro atoms. The van der Waals surface area contributed by atoms with Crippen molar-refractivity contribution in [2.24, 2.45) is 4.99 Å². The van der Waals surface area contributed by atoms with Gasteiger partial charge in [0.05, 0.1) is 19.3 Å². The van der Waals surface area contributed by atoms with E-state index in [-0.39, 0.29) is 6.10 Å². The van der Waals surface area contributed by atoms with Crippen molar-refractivity contribution in [2.75, 3.05) is 32.8 Å². The van der Waals surface area contributed by atoms with Crippen LogP contribution in [0.4, 0.5) is 0 Å². The van der Waals surface area contributed by atoms with Crippen molar-refractivity contribution in [2.45, 2.75) is 63.6 Å². The molecule has 0 aromatic heterocycles. The van der Waals surface area contributed by atoms with Crippen LogP contribution in [0.2, 0.25) is 0 Å². The molecule has 2 atom stereocenters. The number of rotatable bonds is 4. The number of ether oxygens (including phenoxy) is 1. The summed E-state index contributed by atoms with van der Waals surface area (Å²) in [6.45, 7) is 7.00. The molecule has 2 N–H and O–H groups in total. The Morgan fingerprint density at radius 2 is 2.10 bits per heavy atom. The minimum Gasteiger partial charge on any atom is -0.373 e. The first-order valence-corrected chi connectivity index (χ1v) is 8.75. The number of guanidine groups is 1. The zero-order valence-corrected chi connectivity index (χ0v) is 13.3. The highest BCUT2D eigenvalue weighted by molar-refractivity contribution is 5.80. The number of hydrogen-bond acceptors (Lipinski definition) is 3. The van der Waals surface area contributed by atoms with Crippen LogP contribution in [0.5, 0.6) is 0 Å². The molecule has 2 saturated heterocycles. The average Bonchev–Trinajstić information content (AvgIpc) is 3.15. The zero-order valence-electron chi connectivity index (χ0n) is 13.3. The van der Waals surface area contributed by atoms with Crippen LogP contribution in [0.15, 0.2) is 4.99 Å². The van der Waals surface area contributed by atoms with Gasteiger partial charge in [-0.05, 0) is 39.2 Å². The van der Waals surface area contributed by atoms with Crippen LogP contribution >= 0.6 is 0 Å². The van der Waals surface area contributed by atoms with E-state index in [1.165, 1.54) is 45.1 Å². The fourth-order valence-corrected chi connectivity index (χ4v) is 3.77. The van der Waals surface area contributed by atoms with Crippen LogP contribution in [0.3, 0.4) is 0 Å². The number of aliphatic imine (C=N–C) groups is 1. The normalized spacial score (nSPS) is 31.4. The van der Waals surface area contributed by atoms with Crippen molar-refractivity contribution in [3.8, 4) is 0 Å². The van der Waals surface area contributed by atoms with Gasteiger partial charge in [0.15, 0.2) is 5.96 Å². The van der Waals surface area contributed by atoms with E-state index in [0.717, 1.165) is 32.2 Å². The van der Waals surface area contributed by atoms with Crippen LogP contribution in [-0.2, 0) is 4.74 Å². The second-order valence-electron chi connectivity index (χ2n) is 6.59. The first-order valence-electron chi connectivity index (χ1n) is 8.75. The predicted octanol–water partition coefficient (Wildman–Crippen LogP) is 1.35. The standard InChI is InChI=1S/C16H30N4O/c1-2-17-16(19-13-6-3-4-7-13)18-10-15-11-20-9-5-8-14(20)12-21-15/h13-15H,2-12H2,1H3,(H2,17,18,19). The third kappa shape index (κ3) is 4.10. The fraction of sp³-hybridized carbons (Fsp3) is 0.938. The van der Waals surface area contributed by atoms with Crippen molar-refractivity contribution in [3.63, 3.8) is 0 Å². The molecule has 5 nitrogen and oxygen atoms in total. The quantitative estimate of drug-likeness (QED) is 0.607. The van der Waals surface area contributed by atoms with Gasteiger partial charge in [-0.25, -0.2) is 0 Å². The monoisotopic (exact) mass is 294 g/mol. The van der Waals surface area contributed by atoms with Gasteiger partial charge in [-0.3, -0.25) is 9.89 Å². The van der Waals surface area contributed by atoms with E-state index in [1.807, 2.05) is 0 Å². The van der Waals surface area contributed by atoms with Crippen molar-refractivity contribution >= 4 is 5.96 Å². The molecule has 21 heavy (non-hydrogen) atoms. The SMILES string of the molecule is CCNC(=NCC1CN2CCCC2CO1)NC1CCCC1. The average molecular weight is 294 g/mol. The van der Waals surface area contributed by atoms with Crippen LogP contribution in [0, 0.1) is 0 Å². The van der Waals surface area contributed by atoms with Gasteiger partial charge in [-0.15, -0.1) is 0 Å².